The van der Waals surface area contributed by atoms with E-state index in [2.05, 4.69) is 32.6 Å². The molecule has 1 aromatic rings. The van der Waals surface area contributed by atoms with Gasteiger partial charge in [-0.3, -0.25) is 4.79 Å². The van der Waals surface area contributed by atoms with Crippen LogP contribution in [0.15, 0.2) is 30.3 Å². The van der Waals surface area contributed by atoms with Crippen LogP contribution in [0.2, 0.25) is 0 Å². The first-order valence-electron chi connectivity index (χ1n) is 9.75. The Morgan fingerprint density at radius 1 is 1.15 bits per heavy atom. The molecule has 2 saturated heterocycles. The molecule has 1 atom stereocenters. The molecule has 0 spiro atoms. The molecule has 4 heteroatoms. The molecule has 1 aromatic carbocycles. The molecular weight excluding hydrogens is 324 g/mol. The van der Waals surface area contributed by atoms with Gasteiger partial charge in [-0.25, -0.2) is 0 Å². The maximum atomic E-state index is 12.5. The van der Waals surface area contributed by atoms with Gasteiger partial charge in [0.25, 0.3) is 5.91 Å². The van der Waals surface area contributed by atoms with Gasteiger partial charge in [-0.15, -0.1) is 0 Å². The molecule has 140 valence electrons. The van der Waals surface area contributed by atoms with Gasteiger partial charge in [0.15, 0.2) is 0 Å². The van der Waals surface area contributed by atoms with Crippen molar-refractivity contribution < 1.29 is 14.4 Å². The number of carbonyl (C=O) groups excluding carboxylic acids is 1. The third-order valence-corrected chi connectivity index (χ3v) is 5.40. The van der Waals surface area contributed by atoms with Crippen molar-refractivity contribution in [1.29, 1.82) is 0 Å². The number of rotatable bonds is 2. The highest BCUT2D eigenvalue weighted by Crippen LogP contribution is 2.34. The number of nitrogens with one attached hydrogen (secondary N) is 1. The first-order valence-corrected chi connectivity index (χ1v) is 9.75. The number of amides is 1. The molecule has 0 aromatic heterocycles. The Morgan fingerprint density at radius 2 is 1.85 bits per heavy atom. The predicted molar refractivity (Wildman–Crippen MR) is 103 cm³/mol. The van der Waals surface area contributed by atoms with E-state index in [1.165, 1.54) is 11.3 Å². The summed E-state index contributed by atoms with van der Waals surface area (Å²) in [7, 11) is 0. The largest absolute Gasteiger partial charge is 0.357 e. The predicted octanol–water partition coefficient (Wildman–Crippen LogP) is 1.77. The van der Waals surface area contributed by atoms with Crippen molar-refractivity contribution in [3.63, 3.8) is 0 Å². The van der Waals surface area contributed by atoms with Crippen LogP contribution in [0.1, 0.15) is 50.4 Å². The van der Waals surface area contributed by atoms with E-state index in [0.717, 1.165) is 51.1 Å². The van der Waals surface area contributed by atoms with Crippen LogP contribution in [0, 0.1) is 11.8 Å². The van der Waals surface area contributed by atoms with E-state index >= 15 is 0 Å². The van der Waals surface area contributed by atoms with Crippen LogP contribution in [0.25, 0.3) is 0 Å². The van der Waals surface area contributed by atoms with Gasteiger partial charge in [0, 0.05) is 5.56 Å². The summed E-state index contributed by atoms with van der Waals surface area (Å²) in [6.07, 6.45) is 3.29. The smallest absolute Gasteiger partial charge is 0.254 e. The highest BCUT2D eigenvalue weighted by atomic mass is 16.5. The van der Waals surface area contributed by atoms with Crippen LogP contribution in [0.5, 0.6) is 0 Å². The maximum absolute atomic E-state index is 12.5. The molecule has 0 aliphatic carbocycles. The summed E-state index contributed by atoms with van der Waals surface area (Å²) in [5, 5.41) is 0. The van der Waals surface area contributed by atoms with Crippen molar-refractivity contribution in [3.8, 4) is 11.8 Å². The fourth-order valence-electron chi connectivity index (χ4n) is 3.97. The lowest BCUT2D eigenvalue weighted by molar-refractivity contribution is -0.896. The fourth-order valence-corrected chi connectivity index (χ4v) is 3.97. The normalized spacial score (nSPS) is 26.0. The maximum Gasteiger partial charge on any atom is 0.254 e. The van der Waals surface area contributed by atoms with Crippen molar-refractivity contribution >= 4 is 5.91 Å². The lowest BCUT2D eigenvalue weighted by Gasteiger charge is -2.40. The van der Waals surface area contributed by atoms with Crippen LogP contribution >= 0.6 is 0 Å². The molecule has 4 nitrogen and oxygen atoms in total. The number of piperazine rings is 1. The molecule has 2 aliphatic rings. The van der Waals surface area contributed by atoms with E-state index in [1.807, 2.05) is 35.2 Å². The topological polar surface area (TPSA) is 34.0 Å². The average Bonchev–Trinajstić information content (AvgIpc) is 2.61. The highest BCUT2D eigenvalue weighted by molar-refractivity contribution is 5.94. The molecule has 2 fully saturated rings. The second kappa shape index (κ2) is 7.82. The van der Waals surface area contributed by atoms with Gasteiger partial charge in [-0.05, 0) is 58.1 Å². The summed E-state index contributed by atoms with van der Waals surface area (Å²) in [5.41, 5.74) is 0.394. The van der Waals surface area contributed by atoms with Gasteiger partial charge < -0.3 is 14.5 Å². The van der Waals surface area contributed by atoms with E-state index in [1.54, 1.807) is 0 Å². The summed E-state index contributed by atoms with van der Waals surface area (Å²) in [5.74, 6) is 6.89. The van der Waals surface area contributed by atoms with Gasteiger partial charge in [0.05, 0.1) is 31.8 Å². The first kappa shape index (κ1) is 18.9. The molecule has 2 heterocycles. The van der Waals surface area contributed by atoms with Crippen molar-refractivity contribution in [2.75, 3.05) is 32.7 Å². The minimum atomic E-state index is -0.313. The quantitative estimate of drug-likeness (QED) is 0.821. The van der Waals surface area contributed by atoms with E-state index in [0.29, 0.717) is 0 Å². The lowest BCUT2D eigenvalue weighted by atomic mass is 9.88. The first-order chi connectivity index (χ1) is 12.4. The van der Waals surface area contributed by atoms with Gasteiger partial charge in [0.1, 0.15) is 12.1 Å². The molecule has 1 amide bonds. The Bertz CT molecular complexity index is 681. The number of ether oxygens (including phenoxy) is 1. The Morgan fingerprint density at radius 3 is 2.50 bits per heavy atom. The van der Waals surface area contributed by atoms with Crippen molar-refractivity contribution in [2.45, 2.75) is 51.2 Å². The number of hydrogen-bond donors (Lipinski definition) is 1. The number of benzene rings is 1. The van der Waals surface area contributed by atoms with Crippen LogP contribution in [0.4, 0.5) is 0 Å². The lowest BCUT2D eigenvalue weighted by Crippen LogP contribution is -3.14. The van der Waals surface area contributed by atoms with Gasteiger partial charge in [0.2, 0.25) is 0 Å². The SMILES string of the molecule is CC1(C)CCC[C@@](C)(C#CC[NH+]2CCN(C(=O)c3ccccc3)CC2)O1. The molecule has 26 heavy (non-hydrogen) atoms. The van der Waals surface area contributed by atoms with E-state index in [4.69, 9.17) is 4.74 Å². The molecule has 0 unspecified atom stereocenters. The molecule has 0 saturated carbocycles. The third-order valence-electron chi connectivity index (χ3n) is 5.40. The molecule has 2 aliphatic heterocycles. The summed E-state index contributed by atoms with van der Waals surface area (Å²) >= 11 is 0. The second-order valence-corrected chi connectivity index (χ2v) is 8.33. The number of carbonyl (C=O) groups is 1. The zero-order chi connectivity index (χ0) is 18.6. The number of quaternary nitrogens is 1. The van der Waals surface area contributed by atoms with E-state index in [9.17, 15) is 4.79 Å². The number of hydrogen-bond acceptors (Lipinski definition) is 2. The minimum absolute atomic E-state index is 0.0715. The van der Waals surface area contributed by atoms with Crippen LogP contribution in [-0.2, 0) is 4.74 Å². The van der Waals surface area contributed by atoms with Gasteiger partial charge in [-0.1, -0.05) is 24.1 Å². The van der Waals surface area contributed by atoms with Crippen molar-refractivity contribution in [2.24, 2.45) is 0 Å². The van der Waals surface area contributed by atoms with Gasteiger partial charge >= 0.3 is 0 Å². The Labute approximate surface area is 157 Å². The average molecular weight is 356 g/mol. The van der Waals surface area contributed by atoms with Gasteiger partial charge in [-0.2, -0.15) is 0 Å². The highest BCUT2D eigenvalue weighted by Gasteiger charge is 2.36. The third kappa shape index (κ3) is 4.87. The zero-order valence-corrected chi connectivity index (χ0v) is 16.3. The monoisotopic (exact) mass is 355 g/mol. The van der Waals surface area contributed by atoms with Crippen LogP contribution in [0.3, 0.4) is 0 Å². The molecule has 3 rings (SSSR count). The second-order valence-electron chi connectivity index (χ2n) is 8.33. The van der Waals surface area contributed by atoms with Crippen LogP contribution in [-0.4, -0.2) is 54.7 Å². The van der Waals surface area contributed by atoms with Crippen molar-refractivity contribution in [3.05, 3.63) is 35.9 Å². The summed E-state index contributed by atoms with van der Waals surface area (Å²) in [4.78, 5) is 15.9. The summed E-state index contributed by atoms with van der Waals surface area (Å²) < 4.78 is 6.21. The summed E-state index contributed by atoms with van der Waals surface area (Å²) in [6.45, 7) is 10.8. The van der Waals surface area contributed by atoms with Crippen LogP contribution < -0.4 is 4.90 Å². The Hall–Kier alpha value is -1.83. The molecule has 1 N–H and O–H groups in total. The number of nitrogens with zero attached hydrogens (tertiary/aromatic N) is 1. The summed E-state index contributed by atoms with van der Waals surface area (Å²) in [6, 6.07) is 9.55. The molecule has 0 bridgehead atoms. The minimum Gasteiger partial charge on any atom is -0.357 e. The Balaban J connectivity index is 1.48. The van der Waals surface area contributed by atoms with E-state index < -0.39 is 0 Å². The molecule has 0 radical (unpaired) electrons. The van der Waals surface area contributed by atoms with E-state index in [-0.39, 0.29) is 17.1 Å². The fraction of sp³-hybridized carbons (Fsp3) is 0.591. The Kier molecular flexibility index (Phi) is 5.70. The molecular formula is C22H31N2O2+. The zero-order valence-electron chi connectivity index (χ0n) is 16.3. The van der Waals surface area contributed by atoms with Crippen molar-refractivity contribution in [1.82, 2.24) is 4.90 Å². The standard InChI is InChI=1S/C22H30N2O2/c1-21(2)11-7-12-22(3,26-21)13-8-14-23-15-17-24(18-16-23)20(25)19-9-5-4-6-10-19/h4-6,9-10H,7,11-12,14-18H2,1-3H3/p+1/t22-/m0/s1.